The van der Waals surface area contributed by atoms with Crippen LogP contribution in [0.5, 0.6) is 5.75 Å². The number of halogens is 1. The largest absolute Gasteiger partial charge is 0.491 e. The highest BCUT2D eigenvalue weighted by Gasteiger charge is 2.14. The molecule has 2 aromatic carbocycles. The van der Waals surface area contributed by atoms with Crippen LogP contribution < -0.4 is 15.8 Å². The van der Waals surface area contributed by atoms with Gasteiger partial charge in [0.25, 0.3) is 5.91 Å². The van der Waals surface area contributed by atoms with Crippen molar-refractivity contribution in [3.05, 3.63) is 65.4 Å². The van der Waals surface area contributed by atoms with E-state index in [0.29, 0.717) is 16.4 Å². The van der Waals surface area contributed by atoms with Gasteiger partial charge >= 0.3 is 0 Å². The van der Waals surface area contributed by atoms with Gasteiger partial charge in [-0.3, -0.25) is 9.59 Å². The molecular weight excluding hydrogens is 369 g/mol. The van der Waals surface area contributed by atoms with Crippen LogP contribution in [-0.2, 0) is 4.79 Å². The molecule has 0 fully saturated rings. The first kappa shape index (κ1) is 18.5. The maximum Gasteiger partial charge on any atom is 0.275 e. The summed E-state index contributed by atoms with van der Waals surface area (Å²) in [7, 11) is 0. The third-order valence-electron chi connectivity index (χ3n) is 3.57. The minimum Gasteiger partial charge on any atom is -0.491 e. The third-order valence-corrected chi connectivity index (χ3v) is 4.46. The molecule has 3 aromatic rings. The van der Waals surface area contributed by atoms with Gasteiger partial charge in [-0.25, -0.2) is 9.37 Å². The Morgan fingerprint density at radius 1 is 1.15 bits per heavy atom. The molecule has 1 aromatic heterocycles. The van der Waals surface area contributed by atoms with Gasteiger partial charge in [-0.05, 0) is 36.4 Å². The number of aromatic nitrogens is 1. The van der Waals surface area contributed by atoms with Crippen molar-refractivity contribution in [3.8, 4) is 16.3 Å². The van der Waals surface area contributed by atoms with E-state index in [1.807, 2.05) is 0 Å². The van der Waals surface area contributed by atoms with Gasteiger partial charge in [-0.1, -0.05) is 12.1 Å². The Kier molecular flexibility index (Phi) is 5.77. The van der Waals surface area contributed by atoms with Crippen LogP contribution in [-0.4, -0.2) is 23.4 Å². The number of ether oxygens (including phenoxy) is 1. The Labute approximate surface area is 158 Å². The van der Waals surface area contributed by atoms with Gasteiger partial charge in [-0.2, -0.15) is 0 Å². The first-order valence-electron chi connectivity index (χ1n) is 8.06. The van der Waals surface area contributed by atoms with Crippen molar-refractivity contribution in [3.63, 3.8) is 0 Å². The van der Waals surface area contributed by atoms with Crippen LogP contribution in [0.3, 0.4) is 0 Å². The lowest BCUT2D eigenvalue weighted by Crippen LogP contribution is -2.16. The smallest absolute Gasteiger partial charge is 0.275 e. The van der Waals surface area contributed by atoms with E-state index in [4.69, 9.17) is 10.5 Å². The van der Waals surface area contributed by atoms with Crippen LogP contribution in [0.25, 0.3) is 10.6 Å². The van der Waals surface area contributed by atoms with Crippen molar-refractivity contribution in [2.24, 2.45) is 5.73 Å². The van der Waals surface area contributed by atoms with Gasteiger partial charge in [0.05, 0.1) is 18.7 Å². The van der Waals surface area contributed by atoms with Gasteiger partial charge in [0.1, 0.15) is 22.3 Å². The molecule has 0 atom stereocenters. The molecule has 0 aliphatic carbocycles. The van der Waals surface area contributed by atoms with E-state index in [0.717, 1.165) is 5.56 Å². The topological polar surface area (TPSA) is 94.3 Å². The zero-order valence-electron chi connectivity index (χ0n) is 14.1. The van der Waals surface area contributed by atoms with Gasteiger partial charge in [-0.15, -0.1) is 11.3 Å². The maximum absolute atomic E-state index is 13.0. The minimum absolute atomic E-state index is 0.0788. The van der Waals surface area contributed by atoms with E-state index in [1.165, 1.54) is 23.5 Å². The van der Waals surface area contributed by atoms with Crippen molar-refractivity contribution in [1.29, 1.82) is 0 Å². The molecule has 0 saturated heterocycles. The summed E-state index contributed by atoms with van der Waals surface area (Å²) in [5.41, 5.74) is 6.53. The van der Waals surface area contributed by atoms with Crippen LogP contribution in [0.4, 0.5) is 10.1 Å². The number of benzene rings is 2. The first-order valence-corrected chi connectivity index (χ1v) is 8.94. The van der Waals surface area contributed by atoms with Crippen LogP contribution in [0.15, 0.2) is 53.9 Å². The van der Waals surface area contributed by atoms with Crippen LogP contribution in [0.1, 0.15) is 16.9 Å². The van der Waals surface area contributed by atoms with E-state index < -0.39 is 11.8 Å². The molecule has 138 valence electrons. The third kappa shape index (κ3) is 4.89. The number of hydrogen-bond donors (Lipinski definition) is 2. The van der Waals surface area contributed by atoms with E-state index in [2.05, 4.69) is 10.3 Å². The van der Waals surface area contributed by atoms with Crippen LogP contribution in [0, 0.1) is 5.82 Å². The van der Waals surface area contributed by atoms with E-state index >= 15 is 0 Å². The zero-order valence-corrected chi connectivity index (χ0v) is 15.0. The molecule has 6 nitrogen and oxygen atoms in total. The quantitative estimate of drug-likeness (QED) is 0.651. The van der Waals surface area contributed by atoms with Gasteiger partial charge in [0, 0.05) is 10.9 Å². The lowest BCUT2D eigenvalue weighted by molar-refractivity contribution is -0.118. The van der Waals surface area contributed by atoms with Crippen molar-refractivity contribution >= 4 is 28.8 Å². The highest BCUT2D eigenvalue weighted by Crippen LogP contribution is 2.27. The zero-order chi connectivity index (χ0) is 19.2. The van der Waals surface area contributed by atoms with E-state index in [1.54, 1.807) is 41.8 Å². The predicted molar refractivity (Wildman–Crippen MR) is 101 cm³/mol. The molecular formula is C19H16FN3O3S. The summed E-state index contributed by atoms with van der Waals surface area (Å²) in [6.45, 7) is 0.119. The molecule has 27 heavy (non-hydrogen) atoms. The fourth-order valence-corrected chi connectivity index (χ4v) is 3.05. The summed E-state index contributed by atoms with van der Waals surface area (Å²) in [5, 5.41) is 4.99. The lowest BCUT2D eigenvalue weighted by Gasteiger charge is -2.11. The maximum atomic E-state index is 13.0. The highest BCUT2D eigenvalue weighted by molar-refractivity contribution is 7.13. The van der Waals surface area contributed by atoms with Gasteiger partial charge < -0.3 is 15.8 Å². The Morgan fingerprint density at radius 2 is 1.89 bits per heavy atom. The summed E-state index contributed by atoms with van der Waals surface area (Å²) in [6, 6.07) is 12.8. The summed E-state index contributed by atoms with van der Waals surface area (Å²) in [6.07, 6.45) is 0.0788. The van der Waals surface area contributed by atoms with Crippen molar-refractivity contribution in [2.75, 3.05) is 11.9 Å². The molecule has 0 unspecified atom stereocenters. The normalized spacial score (nSPS) is 10.4. The molecule has 0 saturated carbocycles. The number of anilines is 1. The predicted octanol–water partition coefficient (Wildman–Crippen LogP) is 3.46. The number of primary amides is 1. The summed E-state index contributed by atoms with van der Waals surface area (Å²) < 4.78 is 18.5. The Balaban J connectivity index is 1.71. The fraction of sp³-hybridized carbons (Fsp3) is 0.105. The van der Waals surface area contributed by atoms with Gasteiger partial charge in [0.15, 0.2) is 0 Å². The first-order chi connectivity index (χ1) is 13.0. The Hall–Kier alpha value is -3.26. The summed E-state index contributed by atoms with van der Waals surface area (Å²) >= 11 is 1.29. The minimum atomic E-state index is -0.465. The van der Waals surface area contributed by atoms with Crippen molar-refractivity contribution in [1.82, 2.24) is 4.98 Å². The number of nitrogens with zero attached hydrogens (tertiary/aromatic N) is 1. The van der Waals surface area contributed by atoms with Crippen molar-refractivity contribution in [2.45, 2.75) is 6.42 Å². The van der Waals surface area contributed by atoms with Gasteiger partial charge in [0.2, 0.25) is 5.91 Å². The molecule has 1 heterocycles. The highest BCUT2D eigenvalue weighted by atomic mass is 32.1. The number of nitrogens with two attached hydrogens (primary N) is 1. The fourth-order valence-electron chi connectivity index (χ4n) is 2.25. The van der Waals surface area contributed by atoms with Crippen molar-refractivity contribution < 1.29 is 18.7 Å². The number of para-hydroxylation sites is 2. The molecule has 2 amide bonds. The molecule has 0 bridgehead atoms. The number of carbonyl (C=O) groups is 2. The van der Waals surface area contributed by atoms with Crippen LogP contribution >= 0.6 is 11.3 Å². The Bertz CT molecular complexity index is 957. The molecule has 0 radical (unpaired) electrons. The van der Waals surface area contributed by atoms with E-state index in [-0.39, 0.29) is 24.5 Å². The monoisotopic (exact) mass is 385 g/mol. The summed E-state index contributed by atoms with van der Waals surface area (Å²) in [5.74, 6) is -0.764. The summed E-state index contributed by atoms with van der Waals surface area (Å²) in [4.78, 5) is 27.6. The SMILES string of the molecule is NC(=O)CCOc1ccccc1NC(=O)c1csc(-c2ccc(F)cc2)n1. The van der Waals surface area contributed by atoms with Crippen LogP contribution in [0.2, 0.25) is 0 Å². The molecule has 0 spiro atoms. The number of nitrogens with one attached hydrogen (secondary N) is 1. The standard InChI is InChI=1S/C19H16FN3O3S/c20-13-7-5-12(6-8-13)19-23-15(11-27-19)18(25)22-14-3-1-2-4-16(14)26-10-9-17(21)24/h1-8,11H,9-10H2,(H2,21,24)(H,22,25). The molecule has 0 aliphatic rings. The number of thiazole rings is 1. The molecule has 3 rings (SSSR count). The van der Waals surface area contributed by atoms with E-state index in [9.17, 15) is 14.0 Å². The Morgan fingerprint density at radius 3 is 2.63 bits per heavy atom. The lowest BCUT2D eigenvalue weighted by atomic mass is 10.2. The second kappa shape index (κ2) is 8.41. The molecule has 0 aliphatic heterocycles. The second-order valence-corrected chi connectivity index (χ2v) is 6.42. The molecule has 8 heteroatoms. The average molecular weight is 385 g/mol. The number of amides is 2. The average Bonchev–Trinajstić information content (AvgIpc) is 3.14. The second-order valence-electron chi connectivity index (χ2n) is 5.56. The number of carbonyl (C=O) groups excluding carboxylic acids is 2. The number of hydrogen-bond acceptors (Lipinski definition) is 5. The number of rotatable bonds is 7. The molecule has 3 N–H and O–H groups in total.